The molecule has 0 aromatic rings. The zero-order valence-corrected chi connectivity index (χ0v) is 10.5. The lowest BCUT2D eigenvalue weighted by Crippen LogP contribution is -2.31. The van der Waals surface area contributed by atoms with E-state index in [0.717, 1.165) is 21.5 Å². The van der Waals surface area contributed by atoms with E-state index in [1.54, 1.807) is 0 Å². The smallest absolute Gasteiger partial charge is 0.0148 e. The van der Waals surface area contributed by atoms with Crippen LogP contribution in [0.5, 0.6) is 0 Å². The Labute approximate surface area is 91.7 Å². The van der Waals surface area contributed by atoms with E-state index in [1.165, 1.54) is 38.5 Å². The highest BCUT2D eigenvalue weighted by molar-refractivity contribution is 9.09. The molecule has 0 aliphatic heterocycles. The topological polar surface area (TPSA) is 0 Å². The average molecular weight is 296 g/mol. The van der Waals surface area contributed by atoms with E-state index in [-0.39, 0.29) is 0 Å². The van der Waals surface area contributed by atoms with Crippen molar-refractivity contribution < 1.29 is 0 Å². The number of hydrogen-bond acceptors (Lipinski definition) is 0. The molecule has 2 rings (SSSR count). The lowest BCUT2D eigenvalue weighted by molar-refractivity contribution is 0.182. The largest absolute Gasteiger partial charge is 0.0891 e. The molecule has 2 aliphatic carbocycles. The van der Waals surface area contributed by atoms with Gasteiger partial charge >= 0.3 is 0 Å². The first kappa shape index (κ1) is 9.51. The van der Waals surface area contributed by atoms with Crippen LogP contribution in [-0.4, -0.2) is 9.65 Å². The Hall–Kier alpha value is 0.960. The Balaban J connectivity index is 1.94. The lowest BCUT2D eigenvalue weighted by atomic mass is 9.71. The molecular weight excluding hydrogens is 280 g/mol. The molecule has 0 amide bonds. The van der Waals surface area contributed by atoms with Crippen LogP contribution in [-0.2, 0) is 0 Å². The van der Waals surface area contributed by atoms with Crippen molar-refractivity contribution >= 4 is 31.9 Å². The summed E-state index contributed by atoms with van der Waals surface area (Å²) in [5.41, 5.74) is 0. The van der Waals surface area contributed by atoms with E-state index in [2.05, 4.69) is 31.9 Å². The van der Waals surface area contributed by atoms with Gasteiger partial charge < -0.3 is 0 Å². The molecule has 0 bridgehead atoms. The first-order valence-corrected chi connectivity index (χ1v) is 6.87. The predicted octanol–water partition coefficient (Wildman–Crippen LogP) is 4.11. The van der Waals surface area contributed by atoms with Gasteiger partial charge in [0.15, 0.2) is 0 Å². The van der Waals surface area contributed by atoms with Crippen LogP contribution in [0.3, 0.4) is 0 Å². The van der Waals surface area contributed by atoms with Crippen molar-refractivity contribution in [2.75, 3.05) is 0 Å². The molecule has 2 heteroatoms. The maximum absolute atomic E-state index is 3.75. The van der Waals surface area contributed by atoms with Gasteiger partial charge in [-0.3, -0.25) is 0 Å². The fourth-order valence-electron chi connectivity index (χ4n) is 2.77. The summed E-state index contributed by atoms with van der Waals surface area (Å²) < 4.78 is 0. The van der Waals surface area contributed by atoms with Crippen molar-refractivity contribution in [3.63, 3.8) is 0 Å². The number of halogens is 2. The summed E-state index contributed by atoms with van der Waals surface area (Å²) in [5.74, 6) is 2.08. The normalized spacial score (nSPS) is 48.5. The minimum atomic E-state index is 0.825. The summed E-state index contributed by atoms with van der Waals surface area (Å²) in [7, 11) is 0. The summed E-state index contributed by atoms with van der Waals surface area (Å²) in [6.07, 6.45) is 8.60. The SMILES string of the molecule is BrC1CCC2CC(Br)CCC2C1. The molecule has 0 nitrogen and oxygen atoms in total. The molecule has 0 saturated heterocycles. The van der Waals surface area contributed by atoms with Crippen LogP contribution < -0.4 is 0 Å². The summed E-state index contributed by atoms with van der Waals surface area (Å²) in [5, 5.41) is 0. The first-order valence-electron chi connectivity index (χ1n) is 5.04. The third-order valence-electron chi connectivity index (χ3n) is 3.49. The van der Waals surface area contributed by atoms with Crippen molar-refractivity contribution in [3.8, 4) is 0 Å². The molecule has 0 spiro atoms. The highest BCUT2D eigenvalue weighted by Gasteiger charge is 2.33. The second-order valence-corrected chi connectivity index (χ2v) is 6.93. The lowest BCUT2D eigenvalue weighted by Gasteiger charge is -2.39. The molecule has 4 unspecified atom stereocenters. The third-order valence-corrected chi connectivity index (χ3v) is 5.15. The summed E-state index contributed by atoms with van der Waals surface area (Å²) >= 11 is 7.51. The Kier molecular flexibility index (Phi) is 3.17. The Morgan fingerprint density at radius 3 is 1.50 bits per heavy atom. The summed E-state index contributed by atoms with van der Waals surface area (Å²) in [6.45, 7) is 0. The van der Waals surface area contributed by atoms with E-state index < -0.39 is 0 Å². The molecule has 0 aromatic heterocycles. The molecule has 12 heavy (non-hydrogen) atoms. The zero-order chi connectivity index (χ0) is 8.55. The van der Waals surface area contributed by atoms with Gasteiger partial charge in [0, 0.05) is 9.65 Å². The van der Waals surface area contributed by atoms with E-state index in [1.807, 2.05) is 0 Å². The maximum Gasteiger partial charge on any atom is 0.0148 e. The van der Waals surface area contributed by atoms with Crippen LogP contribution in [0.25, 0.3) is 0 Å². The number of hydrogen-bond donors (Lipinski definition) is 0. The third kappa shape index (κ3) is 2.06. The van der Waals surface area contributed by atoms with E-state index in [9.17, 15) is 0 Å². The van der Waals surface area contributed by atoms with Crippen molar-refractivity contribution in [2.24, 2.45) is 11.8 Å². The van der Waals surface area contributed by atoms with Crippen molar-refractivity contribution in [3.05, 3.63) is 0 Å². The number of rotatable bonds is 0. The molecular formula is C10H16Br2. The Bertz CT molecular complexity index is 140. The number of alkyl halides is 2. The first-order chi connectivity index (χ1) is 5.75. The predicted molar refractivity (Wildman–Crippen MR) is 60.1 cm³/mol. The van der Waals surface area contributed by atoms with Crippen LogP contribution in [0.15, 0.2) is 0 Å². The second-order valence-electron chi connectivity index (χ2n) is 4.34. The van der Waals surface area contributed by atoms with Gasteiger partial charge in [0.2, 0.25) is 0 Å². The van der Waals surface area contributed by atoms with Crippen molar-refractivity contribution in [2.45, 2.75) is 48.2 Å². The van der Waals surface area contributed by atoms with Crippen molar-refractivity contribution in [1.82, 2.24) is 0 Å². The van der Waals surface area contributed by atoms with Crippen LogP contribution in [0.2, 0.25) is 0 Å². The standard InChI is InChI=1S/C10H16Br2/c11-9-3-1-7-5-10(12)4-2-8(7)6-9/h7-10H,1-6H2. The van der Waals surface area contributed by atoms with Gasteiger partial charge in [-0.2, -0.15) is 0 Å². The van der Waals surface area contributed by atoms with Gasteiger partial charge in [0.1, 0.15) is 0 Å². The highest BCUT2D eigenvalue weighted by atomic mass is 79.9. The molecule has 0 heterocycles. The molecule has 0 N–H and O–H groups in total. The summed E-state index contributed by atoms with van der Waals surface area (Å²) in [4.78, 5) is 1.65. The molecule has 2 aliphatic rings. The Morgan fingerprint density at radius 2 is 1.08 bits per heavy atom. The van der Waals surface area contributed by atoms with Gasteiger partial charge in [-0.05, 0) is 50.4 Å². The van der Waals surface area contributed by atoms with E-state index in [4.69, 9.17) is 0 Å². The molecule has 70 valence electrons. The summed E-state index contributed by atoms with van der Waals surface area (Å²) in [6, 6.07) is 0. The van der Waals surface area contributed by atoms with Crippen LogP contribution in [0, 0.1) is 11.8 Å². The van der Waals surface area contributed by atoms with Crippen molar-refractivity contribution in [1.29, 1.82) is 0 Å². The molecule has 2 fully saturated rings. The number of fused-ring (bicyclic) bond motifs is 1. The monoisotopic (exact) mass is 294 g/mol. The highest BCUT2D eigenvalue weighted by Crippen LogP contribution is 2.44. The van der Waals surface area contributed by atoms with E-state index in [0.29, 0.717) is 0 Å². The van der Waals surface area contributed by atoms with Gasteiger partial charge in [-0.25, -0.2) is 0 Å². The maximum atomic E-state index is 3.75. The molecule has 0 radical (unpaired) electrons. The van der Waals surface area contributed by atoms with Crippen LogP contribution >= 0.6 is 31.9 Å². The molecule has 4 atom stereocenters. The fourth-order valence-corrected chi connectivity index (χ4v) is 4.26. The zero-order valence-electron chi connectivity index (χ0n) is 7.31. The fraction of sp³-hybridized carbons (Fsp3) is 1.00. The minimum absolute atomic E-state index is 0.825. The molecule has 0 aromatic carbocycles. The van der Waals surface area contributed by atoms with E-state index >= 15 is 0 Å². The molecule has 2 saturated carbocycles. The van der Waals surface area contributed by atoms with Crippen LogP contribution in [0.4, 0.5) is 0 Å². The quantitative estimate of drug-likeness (QED) is 0.590. The van der Waals surface area contributed by atoms with Gasteiger partial charge in [0.25, 0.3) is 0 Å². The average Bonchev–Trinajstić information content (AvgIpc) is 2.05. The minimum Gasteiger partial charge on any atom is -0.0891 e. The Morgan fingerprint density at radius 1 is 0.667 bits per heavy atom. The van der Waals surface area contributed by atoms with Crippen LogP contribution in [0.1, 0.15) is 38.5 Å². The van der Waals surface area contributed by atoms with Gasteiger partial charge in [-0.15, -0.1) is 0 Å². The van der Waals surface area contributed by atoms with Gasteiger partial charge in [-0.1, -0.05) is 31.9 Å². The van der Waals surface area contributed by atoms with Gasteiger partial charge in [0.05, 0.1) is 0 Å². The second kappa shape index (κ2) is 4.00.